The van der Waals surface area contributed by atoms with Crippen molar-refractivity contribution in [3.63, 3.8) is 0 Å². The molecule has 2 N–H and O–H groups in total. The van der Waals surface area contributed by atoms with Crippen LogP contribution in [0.5, 0.6) is 0 Å². The lowest BCUT2D eigenvalue weighted by atomic mass is 9.83. The molecule has 0 spiro atoms. The van der Waals surface area contributed by atoms with Crippen molar-refractivity contribution >= 4 is 43.8 Å². The molecule has 0 bridgehead atoms. The second-order valence-electron chi connectivity index (χ2n) is 11.1. The van der Waals surface area contributed by atoms with E-state index in [0.29, 0.717) is 16.8 Å². The minimum Gasteiger partial charge on any atom is -0.343 e. The second kappa shape index (κ2) is 12.0. The predicted octanol–water partition coefficient (Wildman–Crippen LogP) is 4.70. The van der Waals surface area contributed by atoms with Gasteiger partial charge in [0.15, 0.2) is 9.84 Å². The van der Waals surface area contributed by atoms with Crippen LogP contribution in [0.25, 0.3) is 22.0 Å². The maximum absolute atomic E-state index is 14.1. The number of rotatable bonds is 8. The van der Waals surface area contributed by atoms with Crippen LogP contribution in [0.1, 0.15) is 62.9 Å². The maximum Gasteiger partial charge on any atom is 0.246 e. The van der Waals surface area contributed by atoms with E-state index >= 15 is 0 Å². The summed E-state index contributed by atoms with van der Waals surface area (Å²) in [7, 11) is -1.64. The summed E-state index contributed by atoms with van der Waals surface area (Å²) in [6, 6.07) is 9.92. The molecule has 1 saturated carbocycles. The molecule has 2 fully saturated rings. The highest BCUT2D eigenvalue weighted by Gasteiger charge is 2.40. The SMILES string of the molecule is CN[C@@H](C)C(=O)N[C@H](C(=O)N1CCC[C@H]1c1nc(-c2ccc(S(C)(=O)=O)c3ccccc23)cs1)C1CCCCC1. The molecule has 2 aliphatic rings. The normalized spacial score (nSPS) is 20.0. The van der Waals surface area contributed by atoms with Crippen LogP contribution in [0, 0.1) is 5.92 Å². The largest absolute Gasteiger partial charge is 0.343 e. The zero-order valence-corrected chi connectivity index (χ0v) is 25.0. The fourth-order valence-electron chi connectivity index (χ4n) is 6.11. The highest BCUT2D eigenvalue weighted by Crippen LogP contribution is 2.39. The van der Waals surface area contributed by atoms with Gasteiger partial charge in [0.2, 0.25) is 11.8 Å². The minimum absolute atomic E-state index is 0.00856. The monoisotopic (exact) mass is 582 g/mol. The Balaban J connectivity index is 1.44. The van der Waals surface area contributed by atoms with Gasteiger partial charge in [-0.1, -0.05) is 49.6 Å². The lowest BCUT2D eigenvalue weighted by Crippen LogP contribution is -2.55. The van der Waals surface area contributed by atoms with E-state index in [1.165, 1.54) is 24.0 Å². The molecule has 214 valence electrons. The lowest BCUT2D eigenvalue weighted by Gasteiger charge is -2.35. The number of hydrogen-bond acceptors (Lipinski definition) is 7. The van der Waals surface area contributed by atoms with Gasteiger partial charge in [0.05, 0.1) is 22.7 Å². The molecule has 1 aromatic heterocycles. The minimum atomic E-state index is -3.38. The predicted molar refractivity (Wildman–Crippen MR) is 159 cm³/mol. The number of likely N-dealkylation sites (N-methyl/N-ethyl adjacent to an activating group) is 1. The number of fused-ring (bicyclic) bond motifs is 1. The van der Waals surface area contributed by atoms with Crippen LogP contribution in [0.15, 0.2) is 46.7 Å². The van der Waals surface area contributed by atoms with Gasteiger partial charge in [-0.2, -0.15) is 0 Å². The molecule has 0 unspecified atom stereocenters. The van der Waals surface area contributed by atoms with Crippen molar-refractivity contribution in [3.8, 4) is 11.3 Å². The van der Waals surface area contributed by atoms with Gasteiger partial charge in [0.25, 0.3) is 0 Å². The summed E-state index contributed by atoms with van der Waals surface area (Å²) in [5.74, 6) is -0.0176. The molecular weight excluding hydrogens is 544 g/mol. The van der Waals surface area contributed by atoms with E-state index in [0.717, 1.165) is 60.2 Å². The van der Waals surface area contributed by atoms with Gasteiger partial charge in [-0.3, -0.25) is 9.59 Å². The molecule has 8 nitrogen and oxygen atoms in total. The van der Waals surface area contributed by atoms with E-state index in [2.05, 4.69) is 10.6 Å². The van der Waals surface area contributed by atoms with Crippen LogP contribution >= 0.6 is 11.3 Å². The Morgan fingerprint density at radius 3 is 2.45 bits per heavy atom. The second-order valence-corrected chi connectivity index (χ2v) is 14.0. The summed E-state index contributed by atoms with van der Waals surface area (Å²) >= 11 is 1.53. The van der Waals surface area contributed by atoms with Crippen LogP contribution in [-0.2, 0) is 19.4 Å². The first-order valence-electron chi connectivity index (χ1n) is 14.1. The summed E-state index contributed by atoms with van der Waals surface area (Å²) in [5, 5.41) is 10.5. The first kappa shape index (κ1) is 28.7. The Bertz CT molecular complexity index is 1500. The van der Waals surface area contributed by atoms with Crippen molar-refractivity contribution in [2.75, 3.05) is 19.8 Å². The zero-order valence-electron chi connectivity index (χ0n) is 23.4. The van der Waals surface area contributed by atoms with Gasteiger partial charge in [-0.25, -0.2) is 13.4 Å². The summed E-state index contributed by atoms with van der Waals surface area (Å²) < 4.78 is 24.8. The fourth-order valence-corrected chi connectivity index (χ4v) is 7.96. The maximum atomic E-state index is 14.1. The Morgan fingerprint density at radius 1 is 1.02 bits per heavy atom. The number of likely N-dealkylation sites (tertiary alicyclic amines) is 1. The van der Waals surface area contributed by atoms with Crippen LogP contribution in [-0.4, -0.2) is 62.0 Å². The number of carbonyl (C=O) groups excluding carboxylic acids is 2. The molecule has 5 rings (SSSR count). The van der Waals surface area contributed by atoms with Crippen LogP contribution in [0.4, 0.5) is 0 Å². The quantitative estimate of drug-likeness (QED) is 0.399. The van der Waals surface area contributed by atoms with Crippen molar-refractivity contribution in [2.24, 2.45) is 5.92 Å². The van der Waals surface area contributed by atoms with Crippen LogP contribution < -0.4 is 10.6 Å². The van der Waals surface area contributed by atoms with Crippen LogP contribution in [0.2, 0.25) is 0 Å². The van der Waals surface area contributed by atoms with E-state index in [1.54, 1.807) is 20.0 Å². The molecule has 10 heteroatoms. The molecule has 40 heavy (non-hydrogen) atoms. The Kier molecular flexibility index (Phi) is 8.58. The topological polar surface area (TPSA) is 108 Å². The number of carbonyl (C=O) groups is 2. The average molecular weight is 583 g/mol. The number of sulfone groups is 1. The number of benzene rings is 2. The van der Waals surface area contributed by atoms with Crippen molar-refractivity contribution in [1.29, 1.82) is 0 Å². The fraction of sp³-hybridized carbons (Fsp3) is 0.500. The zero-order chi connectivity index (χ0) is 28.4. The Hall–Kier alpha value is -2.82. The third-order valence-corrected chi connectivity index (χ3v) is 10.5. The molecule has 2 aromatic carbocycles. The Morgan fingerprint density at radius 2 is 1.75 bits per heavy atom. The number of aromatic nitrogens is 1. The number of nitrogens with zero attached hydrogens (tertiary/aromatic N) is 2. The molecule has 1 saturated heterocycles. The molecule has 1 aliphatic carbocycles. The molecule has 0 radical (unpaired) electrons. The van der Waals surface area contributed by atoms with Gasteiger partial charge in [-0.15, -0.1) is 11.3 Å². The van der Waals surface area contributed by atoms with Crippen molar-refractivity contribution < 1.29 is 18.0 Å². The molecule has 2 heterocycles. The standard InChI is InChI=1S/C30H38N4O4S2/c1-19(31-2)28(35)33-27(20-10-5-4-6-11-20)30(36)34-17-9-14-25(34)29-32-24(18-39-29)22-15-16-26(40(3,37)38)23-13-8-7-12-21(22)23/h7-8,12-13,15-16,18-20,25,27,31H,4-6,9-11,14,17H2,1-3H3,(H,33,35)/t19-,25-,27-/m0/s1. The highest BCUT2D eigenvalue weighted by molar-refractivity contribution is 7.91. The van der Waals surface area contributed by atoms with E-state index in [-0.39, 0.29) is 29.8 Å². The van der Waals surface area contributed by atoms with Gasteiger partial charge < -0.3 is 15.5 Å². The highest BCUT2D eigenvalue weighted by atomic mass is 32.2. The number of hydrogen-bond donors (Lipinski definition) is 2. The van der Waals surface area contributed by atoms with Gasteiger partial charge in [0.1, 0.15) is 11.0 Å². The third kappa shape index (κ3) is 5.80. The first-order valence-corrected chi connectivity index (χ1v) is 16.9. The average Bonchev–Trinajstić information content (AvgIpc) is 3.64. The number of amides is 2. The number of thiazole rings is 1. The number of nitrogens with one attached hydrogen (secondary N) is 2. The summed E-state index contributed by atoms with van der Waals surface area (Å²) in [6.07, 6.45) is 8.16. The van der Waals surface area contributed by atoms with Crippen LogP contribution in [0.3, 0.4) is 0 Å². The molecule has 3 atom stereocenters. The summed E-state index contributed by atoms with van der Waals surface area (Å²) in [6.45, 7) is 2.45. The van der Waals surface area contributed by atoms with E-state index in [1.807, 2.05) is 40.6 Å². The van der Waals surface area contributed by atoms with Gasteiger partial charge in [-0.05, 0) is 57.0 Å². The summed E-state index contributed by atoms with van der Waals surface area (Å²) in [4.78, 5) is 34.1. The third-order valence-electron chi connectivity index (χ3n) is 8.41. The van der Waals surface area contributed by atoms with Crippen molar-refractivity contribution in [2.45, 2.75) is 74.9 Å². The molecule has 2 amide bonds. The first-order chi connectivity index (χ1) is 19.2. The van der Waals surface area contributed by atoms with Crippen molar-refractivity contribution in [3.05, 3.63) is 46.8 Å². The Labute approximate surface area is 240 Å². The van der Waals surface area contributed by atoms with E-state index < -0.39 is 15.9 Å². The van der Waals surface area contributed by atoms with E-state index in [9.17, 15) is 18.0 Å². The molecule has 3 aromatic rings. The summed E-state index contributed by atoms with van der Waals surface area (Å²) in [5.41, 5.74) is 1.64. The van der Waals surface area contributed by atoms with Crippen molar-refractivity contribution in [1.82, 2.24) is 20.5 Å². The lowest BCUT2D eigenvalue weighted by molar-refractivity contribution is -0.139. The van der Waals surface area contributed by atoms with Gasteiger partial charge in [0, 0.05) is 29.1 Å². The molecular formula is C30H38N4O4S2. The van der Waals surface area contributed by atoms with Gasteiger partial charge >= 0.3 is 0 Å². The smallest absolute Gasteiger partial charge is 0.246 e. The molecule has 1 aliphatic heterocycles. The van der Waals surface area contributed by atoms with E-state index in [4.69, 9.17) is 4.98 Å².